The molecule has 2 aromatic rings. The summed E-state index contributed by atoms with van der Waals surface area (Å²) in [6.45, 7) is 2.37. The monoisotopic (exact) mass is 390 g/mol. The number of hydrogen-bond acceptors (Lipinski definition) is 4. The molecule has 3 aliphatic heterocycles. The summed E-state index contributed by atoms with van der Waals surface area (Å²) in [7, 11) is 0. The highest BCUT2D eigenvalue weighted by molar-refractivity contribution is 6.06. The van der Waals surface area contributed by atoms with E-state index in [9.17, 15) is 4.79 Å². The minimum atomic E-state index is -1.25. The molecule has 29 heavy (non-hydrogen) atoms. The number of hydrogen-bond donors (Lipinski definition) is 0. The number of ether oxygens (including phenoxy) is 2. The van der Waals surface area contributed by atoms with Crippen LogP contribution in [0.3, 0.4) is 0 Å². The molecule has 5 heteroatoms. The molecule has 150 valence electrons. The summed E-state index contributed by atoms with van der Waals surface area (Å²) >= 11 is 0. The third kappa shape index (κ3) is 2.68. The van der Waals surface area contributed by atoms with Crippen molar-refractivity contribution >= 4 is 11.6 Å². The van der Waals surface area contributed by atoms with Crippen molar-refractivity contribution in [3.8, 4) is 0 Å². The lowest BCUT2D eigenvalue weighted by atomic mass is 9.95. The number of para-hydroxylation sites is 1. The van der Waals surface area contributed by atoms with Gasteiger partial charge in [0.05, 0.1) is 24.6 Å². The van der Waals surface area contributed by atoms with E-state index < -0.39 is 5.79 Å². The average Bonchev–Trinajstić information content (AvgIpc) is 3.26. The molecule has 4 aliphatic rings. The Labute approximate surface area is 171 Å². The molecule has 0 unspecified atom stereocenters. The van der Waals surface area contributed by atoms with Crippen LogP contribution in [-0.2, 0) is 33.0 Å². The van der Waals surface area contributed by atoms with Gasteiger partial charge in [-0.1, -0.05) is 55.3 Å². The fraction of sp³-hybridized carbons (Fsp3) is 0.458. The van der Waals surface area contributed by atoms with Gasteiger partial charge in [-0.25, -0.2) is 0 Å². The fourth-order valence-electron chi connectivity index (χ4n) is 5.42. The summed E-state index contributed by atoms with van der Waals surface area (Å²) in [6.07, 6.45) is 5.32. The summed E-state index contributed by atoms with van der Waals surface area (Å²) in [5.74, 6) is -1.31. The molecule has 3 heterocycles. The van der Waals surface area contributed by atoms with Crippen LogP contribution >= 0.6 is 0 Å². The second-order valence-corrected chi connectivity index (χ2v) is 8.68. The first-order valence-corrected chi connectivity index (χ1v) is 10.8. The van der Waals surface area contributed by atoms with E-state index in [4.69, 9.17) is 9.47 Å². The zero-order valence-corrected chi connectivity index (χ0v) is 16.5. The van der Waals surface area contributed by atoms with Crippen molar-refractivity contribution in [3.63, 3.8) is 0 Å². The number of carbonyl (C=O) groups is 1. The smallest absolute Gasteiger partial charge is 0.293 e. The van der Waals surface area contributed by atoms with E-state index in [1.807, 2.05) is 29.2 Å². The van der Waals surface area contributed by atoms with Gasteiger partial charge in [0.2, 0.25) is 0 Å². The normalized spacial score (nSPS) is 27.7. The molecule has 2 fully saturated rings. The first-order valence-electron chi connectivity index (χ1n) is 10.8. The molecular weight excluding hydrogens is 364 g/mol. The fourth-order valence-corrected chi connectivity index (χ4v) is 5.42. The highest BCUT2D eigenvalue weighted by atomic mass is 16.8. The van der Waals surface area contributed by atoms with Crippen LogP contribution in [0.5, 0.6) is 0 Å². The summed E-state index contributed by atoms with van der Waals surface area (Å²) in [5, 5.41) is 0. The van der Waals surface area contributed by atoms with Crippen LogP contribution in [-0.4, -0.2) is 36.2 Å². The van der Waals surface area contributed by atoms with Gasteiger partial charge in [0.25, 0.3) is 11.7 Å². The Morgan fingerprint density at radius 3 is 2.41 bits per heavy atom. The molecular formula is C24H26N2O3. The van der Waals surface area contributed by atoms with Gasteiger partial charge in [-0.2, -0.15) is 0 Å². The van der Waals surface area contributed by atoms with E-state index in [2.05, 4.69) is 29.2 Å². The lowest BCUT2D eigenvalue weighted by Crippen LogP contribution is -2.47. The Morgan fingerprint density at radius 1 is 0.931 bits per heavy atom. The standard InChI is InChI=1S/C24H26N2O3/c27-23-24(28-21-11-5-6-12-22(21)29-24)19-9-3-4-10-20(19)26(23)16-25-14-13-17-7-1-2-8-18(17)15-25/h1-4,7-10,21-22H,5-6,11-16H2/t21-,22-/m1/s1. The topological polar surface area (TPSA) is 42.0 Å². The number of benzene rings is 2. The van der Waals surface area contributed by atoms with Crippen molar-refractivity contribution in [1.82, 2.24) is 4.90 Å². The van der Waals surface area contributed by atoms with E-state index in [-0.39, 0.29) is 18.1 Å². The predicted molar refractivity (Wildman–Crippen MR) is 109 cm³/mol. The number of fused-ring (bicyclic) bond motifs is 4. The summed E-state index contributed by atoms with van der Waals surface area (Å²) in [6, 6.07) is 16.6. The molecule has 0 radical (unpaired) electrons. The quantitative estimate of drug-likeness (QED) is 0.786. The van der Waals surface area contributed by atoms with Crippen molar-refractivity contribution in [3.05, 3.63) is 65.2 Å². The van der Waals surface area contributed by atoms with Crippen molar-refractivity contribution in [2.45, 2.75) is 56.6 Å². The molecule has 1 aliphatic carbocycles. The summed E-state index contributed by atoms with van der Waals surface area (Å²) in [5.41, 5.74) is 4.57. The Balaban J connectivity index is 1.30. The summed E-state index contributed by atoms with van der Waals surface area (Å²) < 4.78 is 12.8. The Bertz CT molecular complexity index is 945. The second kappa shape index (κ2) is 6.66. The lowest BCUT2D eigenvalue weighted by molar-refractivity contribution is -0.190. The van der Waals surface area contributed by atoms with Gasteiger partial charge in [0, 0.05) is 18.7 Å². The van der Waals surface area contributed by atoms with E-state index >= 15 is 0 Å². The molecule has 1 saturated carbocycles. The van der Waals surface area contributed by atoms with Gasteiger partial charge in [-0.15, -0.1) is 0 Å². The Kier molecular flexibility index (Phi) is 4.05. The maximum absolute atomic E-state index is 13.7. The van der Waals surface area contributed by atoms with Crippen LogP contribution in [0, 0.1) is 0 Å². The van der Waals surface area contributed by atoms with E-state index in [0.717, 1.165) is 56.4 Å². The molecule has 0 aromatic heterocycles. The minimum Gasteiger partial charge on any atom is -0.332 e. The van der Waals surface area contributed by atoms with Gasteiger partial charge in [0.15, 0.2) is 0 Å². The number of carbonyl (C=O) groups excluding carboxylic acids is 1. The van der Waals surface area contributed by atoms with Gasteiger partial charge in [0.1, 0.15) is 0 Å². The van der Waals surface area contributed by atoms with E-state index in [1.54, 1.807) is 0 Å². The van der Waals surface area contributed by atoms with E-state index in [1.165, 1.54) is 11.1 Å². The van der Waals surface area contributed by atoms with Crippen LogP contribution in [0.2, 0.25) is 0 Å². The highest BCUT2D eigenvalue weighted by Crippen LogP contribution is 2.51. The maximum Gasteiger partial charge on any atom is 0.293 e. The van der Waals surface area contributed by atoms with Crippen LogP contribution < -0.4 is 4.90 Å². The zero-order valence-electron chi connectivity index (χ0n) is 16.5. The number of nitrogens with zero attached hydrogens (tertiary/aromatic N) is 2. The molecule has 5 nitrogen and oxygen atoms in total. The highest BCUT2D eigenvalue weighted by Gasteiger charge is 2.61. The van der Waals surface area contributed by atoms with Gasteiger partial charge < -0.3 is 9.47 Å². The molecule has 2 atom stereocenters. The lowest BCUT2D eigenvalue weighted by Gasteiger charge is -2.32. The molecule has 2 aromatic carbocycles. The van der Waals surface area contributed by atoms with Gasteiger partial charge >= 0.3 is 0 Å². The van der Waals surface area contributed by atoms with Gasteiger partial charge in [-0.3, -0.25) is 14.6 Å². The average molecular weight is 390 g/mol. The molecule has 0 N–H and O–H groups in total. The number of amides is 1. The predicted octanol–water partition coefficient (Wildman–Crippen LogP) is 3.56. The first kappa shape index (κ1) is 17.6. The SMILES string of the molecule is O=C1N(CN2CCc3ccccc3C2)c2ccccc2C12O[C@@H]1CCCC[C@H]1O2. The van der Waals surface area contributed by atoms with Gasteiger partial charge in [-0.05, 0) is 36.5 Å². The van der Waals surface area contributed by atoms with Crippen molar-refractivity contribution in [2.75, 3.05) is 18.1 Å². The molecule has 1 amide bonds. The number of anilines is 1. The van der Waals surface area contributed by atoms with Crippen molar-refractivity contribution in [1.29, 1.82) is 0 Å². The molecule has 1 spiro atoms. The zero-order chi connectivity index (χ0) is 19.4. The van der Waals surface area contributed by atoms with Crippen molar-refractivity contribution < 1.29 is 14.3 Å². The van der Waals surface area contributed by atoms with Crippen LogP contribution in [0.4, 0.5) is 5.69 Å². The second-order valence-electron chi connectivity index (χ2n) is 8.68. The van der Waals surface area contributed by atoms with Crippen LogP contribution in [0.25, 0.3) is 0 Å². The summed E-state index contributed by atoms with van der Waals surface area (Å²) in [4.78, 5) is 17.9. The van der Waals surface area contributed by atoms with Crippen LogP contribution in [0.1, 0.15) is 42.4 Å². The van der Waals surface area contributed by atoms with E-state index in [0.29, 0.717) is 6.67 Å². The van der Waals surface area contributed by atoms with Crippen molar-refractivity contribution in [2.24, 2.45) is 0 Å². The van der Waals surface area contributed by atoms with Crippen LogP contribution in [0.15, 0.2) is 48.5 Å². The molecule has 1 saturated heterocycles. The molecule has 0 bridgehead atoms. The Hall–Kier alpha value is -2.21. The largest absolute Gasteiger partial charge is 0.332 e. The molecule has 6 rings (SSSR count). The third-order valence-corrected chi connectivity index (χ3v) is 6.90. The maximum atomic E-state index is 13.7. The number of rotatable bonds is 2. The third-order valence-electron chi connectivity index (χ3n) is 6.90. The Morgan fingerprint density at radius 2 is 1.62 bits per heavy atom. The first-order chi connectivity index (χ1) is 14.2. The minimum absolute atomic E-state index is 0.0302.